The van der Waals surface area contributed by atoms with Crippen molar-refractivity contribution in [2.45, 2.75) is 78.4 Å². The highest BCUT2D eigenvalue weighted by Crippen LogP contribution is 2.34. The molecule has 0 unspecified atom stereocenters. The van der Waals surface area contributed by atoms with Gasteiger partial charge < -0.3 is 17.1 Å². The van der Waals surface area contributed by atoms with Crippen LogP contribution in [-0.4, -0.2) is 16.4 Å². The molecule has 172 valence electrons. The molecule has 1 aliphatic rings. The smallest absolute Gasteiger partial charge is 0.304 e. The second-order valence-corrected chi connectivity index (χ2v) is 9.75. The van der Waals surface area contributed by atoms with E-state index in [1.807, 2.05) is 0 Å². The molecule has 3 aromatic rings. The van der Waals surface area contributed by atoms with Crippen LogP contribution in [0.4, 0.5) is 0 Å². The molecule has 2 aromatic carbocycles. The van der Waals surface area contributed by atoms with Crippen LogP contribution >= 0.6 is 0 Å². The summed E-state index contributed by atoms with van der Waals surface area (Å²) in [6.45, 7) is 15.0. The van der Waals surface area contributed by atoms with Crippen LogP contribution in [0.25, 0.3) is 5.69 Å². The molecular formula is C27H36ClN3O. The monoisotopic (exact) mass is 453 g/mol. The molecule has 4 rings (SSSR count). The van der Waals surface area contributed by atoms with Gasteiger partial charge in [-0.25, -0.2) is 4.57 Å². The maximum absolute atomic E-state index is 5.94. The highest BCUT2D eigenvalue weighted by Gasteiger charge is 2.32. The molecule has 0 radical (unpaired) electrons. The van der Waals surface area contributed by atoms with Crippen molar-refractivity contribution in [3.8, 4) is 5.69 Å². The highest BCUT2D eigenvalue weighted by molar-refractivity contribution is 5.53. The molecule has 0 bridgehead atoms. The van der Waals surface area contributed by atoms with E-state index in [0.717, 1.165) is 18.9 Å². The molecule has 0 aliphatic carbocycles. The molecule has 0 saturated heterocycles. The van der Waals surface area contributed by atoms with E-state index in [1.54, 1.807) is 0 Å². The van der Waals surface area contributed by atoms with Gasteiger partial charge in [0.1, 0.15) is 18.3 Å². The van der Waals surface area contributed by atoms with Crippen LogP contribution in [0.1, 0.15) is 93.4 Å². The van der Waals surface area contributed by atoms with Gasteiger partial charge in [-0.15, -0.1) is 0 Å². The number of halogens is 1. The van der Waals surface area contributed by atoms with Gasteiger partial charge >= 0.3 is 5.82 Å². The number of nitrogens with zero attached hydrogens (tertiary/aromatic N) is 3. The summed E-state index contributed by atoms with van der Waals surface area (Å²) in [6, 6.07) is 15.7. The number of fused-ring (bicyclic) bond motifs is 1. The summed E-state index contributed by atoms with van der Waals surface area (Å²) in [5, 5.41) is 5.03. The summed E-state index contributed by atoms with van der Waals surface area (Å²) in [5.41, 5.74) is 6.73. The first-order valence-electron chi connectivity index (χ1n) is 11.6. The van der Waals surface area contributed by atoms with Gasteiger partial charge in [-0.3, -0.25) is 0 Å². The van der Waals surface area contributed by atoms with Gasteiger partial charge in [0, 0.05) is 11.5 Å². The van der Waals surface area contributed by atoms with Crippen molar-refractivity contribution in [3.63, 3.8) is 0 Å². The first kappa shape index (κ1) is 24.5. The van der Waals surface area contributed by atoms with E-state index in [2.05, 4.69) is 99.6 Å². The Labute approximate surface area is 199 Å². The summed E-state index contributed by atoms with van der Waals surface area (Å²) >= 11 is 0. The predicted octanol–water partition coefficient (Wildman–Crippen LogP) is 2.85. The molecule has 32 heavy (non-hydrogen) atoms. The lowest BCUT2D eigenvalue weighted by Crippen LogP contribution is -3.00. The average molecular weight is 454 g/mol. The zero-order valence-electron chi connectivity index (χ0n) is 20.2. The van der Waals surface area contributed by atoms with E-state index in [9.17, 15) is 0 Å². The Morgan fingerprint density at radius 1 is 0.969 bits per heavy atom. The maximum atomic E-state index is 5.94. The quantitative estimate of drug-likeness (QED) is 0.537. The van der Waals surface area contributed by atoms with Crippen molar-refractivity contribution in [3.05, 3.63) is 76.9 Å². The largest absolute Gasteiger partial charge is 1.00 e. The van der Waals surface area contributed by atoms with Crippen molar-refractivity contribution in [1.82, 2.24) is 9.78 Å². The SMILES string of the molecule is CC(C)c1cc(C(C)C)c(-n2c[n+]3c(n2)COC[C@@H]3Cc2ccccc2)c(C(C)C)c1.[Cl-]. The lowest BCUT2D eigenvalue weighted by molar-refractivity contribution is -0.742. The lowest BCUT2D eigenvalue weighted by atomic mass is 9.87. The van der Waals surface area contributed by atoms with Gasteiger partial charge in [-0.2, -0.15) is 0 Å². The molecule has 0 saturated carbocycles. The predicted molar refractivity (Wildman–Crippen MR) is 125 cm³/mol. The van der Waals surface area contributed by atoms with Crippen LogP contribution < -0.4 is 17.0 Å². The number of aromatic nitrogens is 3. The number of ether oxygens (including phenoxy) is 1. The Kier molecular flexibility index (Phi) is 7.79. The van der Waals surface area contributed by atoms with Gasteiger partial charge in [0.25, 0.3) is 0 Å². The third kappa shape index (κ3) is 4.92. The van der Waals surface area contributed by atoms with Crippen LogP contribution in [0.2, 0.25) is 0 Å². The molecule has 0 fully saturated rings. The van der Waals surface area contributed by atoms with Crippen LogP contribution in [0, 0.1) is 0 Å². The van der Waals surface area contributed by atoms with E-state index in [4.69, 9.17) is 9.84 Å². The minimum Gasteiger partial charge on any atom is -1.00 e. The normalized spacial score (nSPS) is 15.8. The van der Waals surface area contributed by atoms with Crippen LogP contribution in [-0.2, 0) is 17.8 Å². The standard InChI is InChI=1S/C27H36N3O.ClH/c1-18(2)22-13-24(19(3)4)27(25(14-22)20(5)6)30-17-29-23(15-31-16-26(29)28-30)12-21-10-8-7-9-11-21;/h7-11,13-14,17-20,23H,12,15-16H2,1-6H3;1H/q+1;/p-1/t23-;/m0./s1. The van der Waals surface area contributed by atoms with Crippen molar-refractivity contribution < 1.29 is 21.7 Å². The second kappa shape index (κ2) is 10.2. The molecule has 0 N–H and O–H groups in total. The Bertz CT molecular complexity index is 1010. The van der Waals surface area contributed by atoms with Crippen LogP contribution in [0.15, 0.2) is 48.8 Å². The summed E-state index contributed by atoms with van der Waals surface area (Å²) in [4.78, 5) is 0. The number of benzene rings is 2. The third-order valence-electron chi connectivity index (χ3n) is 6.33. The Morgan fingerprint density at radius 3 is 2.16 bits per heavy atom. The lowest BCUT2D eigenvalue weighted by Gasteiger charge is -2.20. The molecule has 0 spiro atoms. The Balaban J connectivity index is 0.00000289. The summed E-state index contributed by atoms with van der Waals surface area (Å²) in [6.07, 6.45) is 3.15. The van der Waals surface area contributed by atoms with E-state index in [1.165, 1.54) is 27.9 Å². The minimum atomic E-state index is 0. The topological polar surface area (TPSA) is 30.9 Å². The van der Waals surface area contributed by atoms with E-state index in [0.29, 0.717) is 24.4 Å². The fourth-order valence-electron chi connectivity index (χ4n) is 4.49. The highest BCUT2D eigenvalue weighted by atomic mass is 35.5. The Hall–Kier alpha value is -2.17. The van der Waals surface area contributed by atoms with E-state index in [-0.39, 0.29) is 18.4 Å². The zero-order valence-corrected chi connectivity index (χ0v) is 20.9. The van der Waals surface area contributed by atoms with Crippen molar-refractivity contribution in [2.24, 2.45) is 0 Å². The third-order valence-corrected chi connectivity index (χ3v) is 6.33. The first-order valence-corrected chi connectivity index (χ1v) is 11.6. The fraction of sp³-hybridized carbons (Fsp3) is 0.481. The van der Waals surface area contributed by atoms with Crippen LogP contribution in [0.3, 0.4) is 0 Å². The maximum Gasteiger partial charge on any atom is 0.304 e. The number of rotatable bonds is 6. The van der Waals surface area contributed by atoms with Crippen molar-refractivity contribution in [2.75, 3.05) is 6.61 Å². The van der Waals surface area contributed by atoms with E-state index >= 15 is 0 Å². The molecule has 4 nitrogen and oxygen atoms in total. The molecule has 0 amide bonds. The average Bonchev–Trinajstić information content (AvgIpc) is 3.18. The molecule has 1 atom stereocenters. The van der Waals surface area contributed by atoms with E-state index < -0.39 is 0 Å². The first-order chi connectivity index (χ1) is 14.8. The fourth-order valence-corrected chi connectivity index (χ4v) is 4.49. The summed E-state index contributed by atoms with van der Waals surface area (Å²) in [5.74, 6) is 2.36. The van der Waals surface area contributed by atoms with Gasteiger partial charge in [-0.05, 0) is 40.0 Å². The van der Waals surface area contributed by atoms with Crippen molar-refractivity contribution in [1.29, 1.82) is 0 Å². The molecule has 1 aromatic heterocycles. The van der Waals surface area contributed by atoms with Gasteiger partial charge in [0.2, 0.25) is 6.33 Å². The molecule has 1 aliphatic heterocycles. The Morgan fingerprint density at radius 2 is 1.59 bits per heavy atom. The van der Waals surface area contributed by atoms with Gasteiger partial charge in [0.15, 0.2) is 0 Å². The van der Waals surface area contributed by atoms with Gasteiger partial charge in [0.05, 0.1) is 6.61 Å². The summed E-state index contributed by atoms with van der Waals surface area (Å²) in [7, 11) is 0. The van der Waals surface area contributed by atoms with Gasteiger partial charge in [-0.1, -0.05) is 88.7 Å². The minimum absolute atomic E-state index is 0. The molecule has 2 heterocycles. The van der Waals surface area contributed by atoms with Crippen LogP contribution in [0.5, 0.6) is 0 Å². The summed E-state index contributed by atoms with van der Waals surface area (Å²) < 4.78 is 10.4. The zero-order chi connectivity index (χ0) is 22.1. The molecule has 5 heteroatoms. The number of hydrogen-bond acceptors (Lipinski definition) is 2. The van der Waals surface area contributed by atoms with Crippen molar-refractivity contribution >= 4 is 0 Å². The number of hydrogen-bond donors (Lipinski definition) is 0. The second-order valence-electron chi connectivity index (χ2n) is 9.75. The molecular weight excluding hydrogens is 418 g/mol.